The van der Waals surface area contributed by atoms with E-state index in [-0.39, 0.29) is 137 Å². The SMILES string of the molecule is C.CC(C)(C)OC(=O)N1CCO[C@@H]2CCNC[C@@H]21.Cl.N[C@H]1CN(C(=O)OCc2ccccc2)CC[C@H]1O.O=C(OCc1ccccc1)N1CC[C@@H](O)[C@@H](NS(=O)(=O)c2ccc([N+](=O)[O-])cc2)C1.O=C(OCc1ccccc1)N1CC[C@H]2OCCN(S(=O)(=O)c3ccc([N+](=O)[O-])cc3)[C@H]2C1. The van der Waals surface area contributed by atoms with Crippen LogP contribution in [-0.2, 0) is 68.3 Å². The second kappa shape index (κ2) is 37.3. The number of nitro groups is 2. The fraction of sp³-hybridized carbons (Fsp3) is 0.485. The Morgan fingerprint density at radius 1 is 0.586 bits per heavy atom. The first-order valence-electron chi connectivity index (χ1n) is 31.7. The molecule has 11 rings (SSSR count). The number of amides is 4. The number of aliphatic hydroxyl groups excluding tert-OH is 2. The zero-order valence-corrected chi connectivity index (χ0v) is 57.0. The number of carbonyl (C=O) groups excluding carboxylic acids is 4. The summed E-state index contributed by atoms with van der Waals surface area (Å²) in [5, 5.41) is 44.6. The molecule has 0 saturated carbocycles. The van der Waals surface area contributed by atoms with Gasteiger partial charge in [0, 0.05) is 89.2 Å². The van der Waals surface area contributed by atoms with Crippen molar-refractivity contribution in [3.05, 3.63) is 176 Å². The van der Waals surface area contributed by atoms with Crippen molar-refractivity contribution in [3.63, 3.8) is 0 Å². The third-order valence-corrected chi connectivity index (χ3v) is 20.0. The van der Waals surface area contributed by atoms with Crippen LogP contribution in [0.5, 0.6) is 0 Å². The van der Waals surface area contributed by atoms with E-state index in [1.807, 2.05) is 117 Å². The highest BCUT2D eigenvalue weighted by Gasteiger charge is 2.45. The predicted molar refractivity (Wildman–Crippen MR) is 364 cm³/mol. The van der Waals surface area contributed by atoms with Gasteiger partial charge < -0.3 is 64.4 Å². The van der Waals surface area contributed by atoms with Gasteiger partial charge in [-0.3, -0.25) is 25.1 Å². The average Bonchev–Trinajstić information content (AvgIpc) is 0.771. The van der Waals surface area contributed by atoms with Crippen molar-refractivity contribution in [2.24, 2.45) is 5.73 Å². The number of hydrogen-bond acceptors (Lipinski definition) is 22. The van der Waals surface area contributed by atoms with Gasteiger partial charge in [0.05, 0.1) is 75.4 Å². The molecule has 4 amide bonds. The Morgan fingerprint density at radius 2 is 1.02 bits per heavy atom. The summed E-state index contributed by atoms with van der Waals surface area (Å²) in [6.45, 7) is 11.0. The van der Waals surface area contributed by atoms with Crippen molar-refractivity contribution in [2.75, 3.05) is 78.7 Å². The predicted octanol–water partition coefficient (Wildman–Crippen LogP) is 6.80. The van der Waals surface area contributed by atoms with Crippen LogP contribution in [-0.4, -0.2) is 218 Å². The lowest BCUT2D eigenvalue weighted by molar-refractivity contribution is -0.385. The first-order chi connectivity index (χ1) is 46.3. The maximum absolute atomic E-state index is 13.3. The van der Waals surface area contributed by atoms with Gasteiger partial charge in [0.25, 0.3) is 11.4 Å². The molecule has 8 atom stereocenters. The molecule has 5 aromatic carbocycles. The Morgan fingerprint density at radius 3 is 1.49 bits per heavy atom. The summed E-state index contributed by atoms with van der Waals surface area (Å²) in [5.74, 6) is 0. The summed E-state index contributed by atoms with van der Waals surface area (Å²) in [5.41, 5.74) is 7.48. The number of non-ortho nitro benzene ring substituents is 2. The Kier molecular flexibility index (Phi) is 30.1. The molecular weight excluding hydrogens is 1350 g/mol. The number of ether oxygens (including phenoxy) is 6. The van der Waals surface area contributed by atoms with Crippen LogP contribution in [0.3, 0.4) is 0 Å². The minimum Gasteiger partial charge on any atom is -0.445 e. The van der Waals surface area contributed by atoms with Crippen LogP contribution in [0.2, 0.25) is 0 Å². The first kappa shape index (κ1) is 79.8. The van der Waals surface area contributed by atoms with E-state index in [1.54, 1.807) is 4.90 Å². The molecule has 6 fully saturated rings. The molecule has 0 radical (unpaired) electrons. The molecule has 6 saturated heterocycles. The van der Waals surface area contributed by atoms with Gasteiger partial charge in [0.15, 0.2) is 0 Å². The van der Waals surface area contributed by atoms with Gasteiger partial charge in [-0.25, -0.2) is 40.7 Å². The van der Waals surface area contributed by atoms with Gasteiger partial charge in [-0.05, 0) is 94.0 Å². The molecule has 33 heteroatoms. The zero-order valence-electron chi connectivity index (χ0n) is 54.5. The van der Waals surface area contributed by atoms with Gasteiger partial charge >= 0.3 is 24.4 Å². The van der Waals surface area contributed by atoms with Gasteiger partial charge in [-0.2, -0.15) is 4.31 Å². The number of nitrogens with one attached hydrogen (secondary N) is 2. The van der Waals surface area contributed by atoms with E-state index < -0.39 is 72.0 Å². The summed E-state index contributed by atoms with van der Waals surface area (Å²) >= 11 is 0. The number of likely N-dealkylation sites (tertiary alicyclic amines) is 3. The smallest absolute Gasteiger partial charge is 0.410 e. The molecule has 0 bridgehead atoms. The van der Waals surface area contributed by atoms with E-state index >= 15 is 0 Å². The van der Waals surface area contributed by atoms with Crippen molar-refractivity contribution >= 4 is 68.2 Å². The van der Waals surface area contributed by atoms with Crippen LogP contribution >= 0.6 is 12.4 Å². The average molecular weight is 1440 g/mol. The largest absolute Gasteiger partial charge is 0.445 e. The Balaban J connectivity index is 0.000000214. The topological polar surface area (TPSA) is 385 Å². The van der Waals surface area contributed by atoms with Crippen LogP contribution in [0.4, 0.5) is 30.6 Å². The number of aliphatic hydroxyl groups is 2. The second-order valence-corrected chi connectivity index (χ2v) is 28.2. The highest BCUT2D eigenvalue weighted by atomic mass is 35.5. The monoisotopic (exact) mass is 1440 g/mol. The van der Waals surface area contributed by atoms with E-state index in [1.165, 1.54) is 38.4 Å². The van der Waals surface area contributed by atoms with E-state index in [0.717, 1.165) is 60.5 Å². The van der Waals surface area contributed by atoms with Crippen molar-refractivity contribution < 1.29 is 84.5 Å². The van der Waals surface area contributed by atoms with Gasteiger partial charge in [-0.15, -0.1) is 12.4 Å². The first-order valence-corrected chi connectivity index (χ1v) is 34.6. The number of benzene rings is 5. The van der Waals surface area contributed by atoms with Gasteiger partial charge in [0.2, 0.25) is 20.0 Å². The second-order valence-electron chi connectivity index (χ2n) is 24.6. The standard InChI is InChI=1S/C21H23N3O7S.C19H21N3O7S.C13H18N2O3.C12H22N2O3.CH4.ClH/c25-21(31-15-16-4-2-1-3-5-16)22-11-10-20-19(14-22)23(12-13-30-20)32(28,29)18-8-6-17(7-9-18)24(26)27;23-18-10-11-21(19(24)29-13-14-4-2-1-3-5-14)12-17(18)20-30(27,28)16-8-6-15(7-9-16)22(25)26;14-11-8-15(7-6-12(11)16)13(17)18-9-10-4-2-1-3-5-10;1-12(2,3)17-11(15)14-6-7-16-10-4-5-13-8-9(10)14;;/h1-9,19-20H,10-15H2;1-9,17-18,20,23H,10-13H2;1-5,11-12,16H,6-9,14H2;9-10,13H,4-8H2,1-3H3;1H4;1H/t19-,20+;17-,18+;11-,12+;9-,10+;;/m0000../s1. The number of carbonyl (C=O) groups is 4. The summed E-state index contributed by atoms with van der Waals surface area (Å²) in [4.78, 5) is 75.2. The number of morpholine rings is 2. The zero-order chi connectivity index (χ0) is 69.9. The Labute approximate surface area is 582 Å². The van der Waals surface area contributed by atoms with Crippen molar-refractivity contribution in [1.29, 1.82) is 0 Å². The number of nitro benzene ring substituents is 2. The fourth-order valence-electron chi connectivity index (χ4n) is 11.3. The number of halogens is 1. The maximum Gasteiger partial charge on any atom is 0.410 e. The lowest BCUT2D eigenvalue weighted by Gasteiger charge is -2.45. The van der Waals surface area contributed by atoms with Crippen LogP contribution in [0.15, 0.2) is 149 Å². The Hall–Kier alpha value is -8.15. The molecule has 0 spiro atoms. The summed E-state index contributed by atoms with van der Waals surface area (Å²) < 4.78 is 88.2. The molecule has 542 valence electrons. The van der Waals surface area contributed by atoms with Gasteiger partial charge in [0.1, 0.15) is 25.4 Å². The van der Waals surface area contributed by atoms with Crippen LogP contribution in [0, 0.1) is 20.2 Å². The molecule has 30 nitrogen and oxygen atoms in total. The quantitative estimate of drug-likeness (QED) is 0.0459. The summed E-state index contributed by atoms with van der Waals surface area (Å²) in [6.07, 6.45) is -1.28. The number of nitrogens with zero attached hydrogens (tertiary/aromatic N) is 7. The number of nitrogens with two attached hydrogens (primary N) is 1. The van der Waals surface area contributed by atoms with E-state index in [2.05, 4.69) is 10.0 Å². The molecule has 6 heterocycles. The van der Waals surface area contributed by atoms with Crippen LogP contribution < -0.4 is 15.8 Å². The van der Waals surface area contributed by atoms with Crippen LogP contribution in [0.1, 0.15) is 70.6 Å². The molecular formula is C66H89ClN10O20S2. The van der Waals surface area contributed by atoms with E-state index in [4.69, 9.17) is 34.2 Å². The molecule has 0 aliphatic carbocycles. The number of fused-ring (bicyclic) bond motifs is 2. The lowest BCUT2D eigenvalue weighted by atomic mass is 10.0. The molecule has 6 aliphatic heterocycles. The Bertz CT molecular complexity index is 3650. The van der Waals surface area contributed by atoms with Crippen LogP contribution in [0.25, 0.3) is 0 Å². The highest BCUT2D eigenvalue weighted by Crippen LogP contribution is 2.31. The van der Waals surface area contributed by atoms with E-state index in [9.17, 15) is 66.5 Å². The molecule has 0 unspecified atom stereocenters. The fourth-order valence-corrected chi connectivity index (χ4v) is 14.2. The van der Waals surface area contributed by atoms with Gasteiger partial charge in [-0.1, -0.05) is 98.4 Å². The number of piperidine rings is 4. The normalized spacial score (nSPS) is 22.2. The molecule has 99 heavy (non-hydrogen) atoms. The molecule has 0 aromatic heterocycles. The number of hydrogen-bond donors (Lipinski definition) is 5. The molecule has 6 N–H and O–H groups in total. The summed E-state index contributed by atoms with van der Waals surface area (Å²) in [6, 6.07) is 35.3. The minimum atomic E-state index is -4.05. The minimum absolute atomic E-state index is 0. The number of rotatable bonds is 13. The molecule has 5 aromatic rings. The van der Waals surface area contributed by atoms with Crippen molar-refractivity contribution in [1.82, 2.24) is 33.9 Å². The third-order valence-electron chi connectivity index (χ3n) is 16.5. The lowest BCUT2D eigenvalue weighted by Crippen LogP contribution is -2.62. The molecule has 6 aliphatic rings. The maximum atomic E-state index is 13.3. The van der Waals surface area contributed by atoms with Crippen molar-refractivity contribution in [3.8, 4) is 0 Å². The third kappa shape index (κ3) is 23.2. The van der Waals surface area contributed by atoms with Crippen molar-refractivity contribution in [2.45, 2.75) is 138 Å². The number of sulfonamides is 2. The van der Waals surface area contributed by atoms with E-state index in [0.29, 0.717) is 45.6 Å². The highest BCUT2D eigenvalue weighted by molar-refractivity contribution is 7.89. The summed E-state index contributed by atoms with van der Waals surface area (Å²) in [7, 11) is -7.98.